The van der Waals surface area contributed by atoms with Crippen LogP contribution >= 0.6 is 0 Å². The number of rotatable bonds is 10. The van der Waals surface area contributed by atoms with E-state index in [1.165, 1.54) is 50.6 Å². The smallest absolute Gasteiger partial charge is 0.0143 e. The molecule has 1 atom stereocenters. The second-order valence-electron chi connectivity index (χ2n) is 4.56. The van der Waals surface area contributed by atoms with Crippen LogP contribution in [0.25, 0.3) is 0 Å². The van der Waals surface area contributed by atoms with E-state index in [0.717, 1.165) is 6.54 Å². The van der Waals surface area contributed by atoms with Crippen LogP contribution in [0.4, 0.5) is 0 Å². The quantitative estimate of drug-likeness (QED) is 0.525. The van der Waals surface area contributed by atoms with E-state index in [2.05, 4.69) is 32.7 Å². The first-order valence-electron chi connectivity index (χ1n) is 6.65. The first-order chi connectivity index (χ1) is 7.22. The Morgan fingerprint density at radius 3 is 2.33 bits per heavy atom. The Bertz CT molecular complexity index is 151. The molecule has 0 fully saturated rings. The topological polar surface area (TPSA) is 12.0 Å². The maximum absolute atomic E-state index is 4.11. The Morgan fingerprint density at radius 2 is 1.73 bits per heavy atom. The average molecular weight is 211 g/mol. The predicted molar refractivity (Wildman–Crippen MR) is 70.0 cm³/mol. The molecule has 0 aliphatic heterocycles. The fraction of sp³-hybridized carbons (Fsp3) is 0.857. The van der Waals surface area contributed by atoms with Crippen molar-refractivity contribution in [3.05, 3.63) is 12.3 Å². The van der Waals surface area contributed by atoms with E-state index in [0.29, 0.717) is 5.92 Å². The summed E-state index contributed by atoms with van der Waals surface area (Å²) in [6.45, 7) is 12.0. The highest BCUT2D eigenvalue weighted by atomic mass is 14.9. The molecule has 0 aliphatic carbocycles. The van der Waals surface area contributed by atoms with Gasteiger partial charge in [-0.1, -0.05) is 59.5 Å². The van der Waals surface area contributed by atoms with Crippen LogP contribution in [0.2, 0.25) is 0 Å². The molecule has 90 valence electrons. The fourth-order valence-corrected chi connectivity index (χ4v) is 1.65. The van der Waals surface area contributed by atoms with Crippen LogP contribution in [-0.2, 0) is 0 Å². The molecule has 0 spiro atoms. The highest BCUT2D eigenvalue weighted by Crippen LogP contribution is 2.15. The summed E-state index contributed by atoms with van der Waals surface area (Å²) in [6.07, 6.45) is 9.23. The van der Waals surface area contributed by atoms with E-state index in [4.69, 9.17) is 0 Å². The molecule has 0 radical (unpaired) electrons. The maximum Gasteiger partial charge on any atom is 0.0143 e. The van der Waals surface area contributed by atoms with Gasteiger partial charge in [-0.25, -0.2) is 0 Å². The molecule has 1 heteroatoms. The Morgan fingerprint density at radius 1 is 1.07 bits per heavy atom. The van der Waals surface area contributed by atoms with Gasteiger partial charge in [-0.3, -0.25) is 0 Å². The van der Waals surface area contributed by atoms with Crippen molar-refractivity contribution in [2.45, 2.75) is 65.7 Å². The largest absolute Gasteiger partial charge is 0.389 e. The molecule has 0 rings (SSSR count). The van der Waals surface area contributed by atoms with Crippen molar-refractivity contribution in [2.75, 3.05) is 6.54 Å². The van der Waals surface area contributed by atoms with Crippen LogP contribution in [0.1, 0.15) is 65.7 Å². The van der Waals surface area contributed by atoms with Crippen LogP contribution in [-0.4, -0.2) is 6.54 Å². The van der Waals surface area contributed by atoms with Gasteiger partial charge in [0, 0.05) is 12.2 Å². The second kappa shape index (κ2) is 10.1. The first-order valence-corrected chi connectivity index (χ1v) is 6.65. The van der Waals surface area contributed by atoms with Crippen LogP contribution in [0.15, 0.2) is 12.3 Å². The van der Waals surface area contributed by atoms with E-state index in [9.17, 15) is 0 Å². The summed E-state index contributed by atoms with van der Waals surface area (Å²) in [6, 6.07) is 0. The van der Waals surface area contributed by atoms with Crippen molar-refractivity contribution in [2.24, 2.45) is 5.92 Å². The van der Waals surface area contributed by atoms with Gasteiger partial charge in [0.1, 0.15) is 0 Å². The lowest BCUT2D eigenvalue weighted by molar-refractivity contribution is 0.512. The molecule has 0 aromatic heterocycles. The molecular formula is C14H29N. The molecule has 1 nitrogen and oxygen atoms in total. The Labute approximate surface area is 96.3 Å². The van der Waals surface area contributed by atoms with Crippen molar-refractivity contribution in [3.8, 4) is 0 Å². The zero-order valence-corrected chi connectivity index (χ0v) is 10.9. The maximum atomic E-state index is 4.11. The van der Waals surface area contributed by atoms with Crippen LogP contribution < -0.4 is 5.32 Å². The van der Waals surface area contributed by atoms with E-state index >= 15 is 0 Å². The Hall–Kier alpha value is -0.460. The third-order valence-electron chi connectivity index (χ3n) is 2.97. The summed E-state index contributed by atoms with van der Waals surface area (Å²) in [5.41, 5.74) is 1.24. The average Bonchev–Trinajstić information content (AvgIpc) is 2.24. The van der Waals surface area contributed by atoms with Gasteiger partial charge in [0.05, 0.1) is 0 Å². The lowest BCUT2D eigenvalue weighted by Gasteiger charge is -2.16. The van der Waals surface area contributed by atoms with E-state index in [-0.39, 0.29) is 0 Å². The summed E-state index contributed by atoms with van der Waals surface area (Å²) in [4.78, 5) is 0. The van der Waals surface area contributed by atoms with Crippen molar-refractivity contribution in [3.63, 3.8) is 0 Å². The second-order valence-corrected chi connectivity index (χ2v) is 4.56. The molecule has 0 aromatic rings. The fourth-order valence-electron chi connectivity index (χ4n) is 1.65. The van der Waals surface area contributed by atoms with Gasteiger partial charge in [0.2, 0.25) is 0 Å². The van der Waals surface area contributed by atoms with Crippen molar-refractivity contribution >= 4 is 0 Å². The predicted octanol–water partition coefficient (Wildman–Crippen LogP) is 4.50. The van der Waals surface area contributed by atoms with Gasteiger partial charge in [-0.15, -0.1) is 0 Å². The van der Waals surface area contributed by atoms with Crippen molar-refractivity contribution in [1.29, 1.82) is 0 Å². The first kappa shape index (κ1) is 14.5. The van der Waals surface area contributed by atoms with Crippen LogP contribution in [0, 0.1) is 5.92 Å². The van der Waals surface area contributed by atoms with E-state index < -0.39 is 0 Å². The van der Waals surface area contributed by atoms with Gasteiger partial charge >= 0.3 is 0 Å². The molecule has 0 saturated carbocycles. The molecule has 0 bridgehead atoms. The Kier molecular flexibility index (Phi) is 9.76. The molecular weight excluding hydrogens is 182 g/mol. The minimum absolute atomic E-state index is 0.638. The summed E-state index contributed by atoms with van der Waals surface area (Å²) < 4.78 is 0. The monoisotopic (exact) mass is 211 g/mol. The van der Waals surface area contributed by atoms with Crippen LogP contribution in [0.5, 0.6) is 0 Å². The molecule has 1 N–H and O–H groups in total. The van der Waals surface area contributed by atoms with Gasteiger partial charge in [-0.2, -0.15) is 0 Å². The summed E-state index contributed by atoms with van der Waals surface area (Å²) >= 11 is 0. The number of unbranched alkanes of at least 4 members (excludes halogenated alkanes) is 4. The van der Waals surface area contributed by atoms with Gasteiger partial charge < -0.3 is 5.32 Å². The number of allylic oxidation sites excluding steroid dienone is 1. The zero-order chi connectivity index (χ0) is 11.5. The molecule has 0 heterocycles. The van der Waals surface area contributed by atoms with Gasteiger partial charge in [0.15, 0.2) is 0 Å². The zero-order valence-electron chi connectivity index (χ0n) is 10.9. The molecule has 0 aromatic carbocycles. The molecule has 1 unspecified atom stereocenters. The number of hydrogen-bond donors (Lipinski definition) is 1. The summed E-state index contributed by atoms with van der Waals surface area (Å²) in [7, 11) is 0. The van der Waals surface area contributed by atoms with E-state index in [1.54, 1.807) is 0 Å². The standard InChI is InChI=1S/C14H29N/c1-5-7-9-10-11-13(3)14(4)15-12-8-6-2/h13,15H,4-12H2,1-3H3. The summed E-state index contributed by atoms with van der Waals surface area (Å²) in [5.74, 6) is 0.638. The van der Waals surface area contributed by atoms with Gasteiger partial charge in [0.25, 0.3) is 0 Å². The highest BCUT2D eigenvalue weighted by molar-refractivity contribution is 4.95. The number of hydrogen-bond acceptors (Lipinski definition) is 1. The third kappa shape index (κ3) is 8.53. The third-order valence-corrected chi connectivity index (χ3v) is 2.97. The SMILES string of the molecule is C=C(NCCCC)C(C)CCCCCC. The minimum atomic E-state index is 0.638. The lowest BCUT2D eigenvalue weighted by Crippen LogP contribution is -2.19. The normalized spacial score (nSPS) is 12.5. The molecule has 0 saturated heterocycles. The van der Waals surface area contributed by atoms with E-state index in [1.807, 2.05) is 0 Å². The minimum Gasteiger partial charge on any atom is -0.389 e. The lowest BCUT2D eigenvalue weighted by atomic mass is 10.00. The van der Waals surface area contributed by atoms with Gasteiger partial charge in [-0.05, 0) is 18.8 Å². The number of nitrogens with one attached hydrogen (secondary N) is 1. The summed E-state index contributed by atoms with van der Waals surface area (Å²) in [5, 5.41) is 3.43. The molecule has 0 aliphatic rings. The highest BCUT2D eigenvalue weighted by Gasteiger charge is 2.05. The molecule has 15 heavy (non-hydrogen) atoms. The van der Waals surface area contributed by atoms with Crippen molar-refractivity contribution in [1.82, 2.24) is 5.32 Å². The van der Waals surface area contributed by atoms with Crippen molar-refractivity contribution < 1.29 is 0 Å². The molecule has 0 amide bonds. The van der Waals surface area contributed by atoms with Crippen LogP contribution in [0.3, 0.4) is 0 Å². The Balaban J connectivity index is 3.42.